The van der Waals surface area contributed by atoms with E-state index in [1.54, 1.807) is 14.2 Å². The van der Waals surface area contributed by atoms with E-state index in [0.717, 1.165) is 33.4 Å². The van der Waals surface area contributed by atoms with Crippen LogP contribution in [0.5, 0.6) is 0 Å². The molecule has 0 spiro atoms. The van der Waals surface area contributed by atoms with Crippen LogP contribution in [0.2, 0.25) is 0 Å². The first kappa shape index (κ1) is 15.9. The normalized spacial score (nSPS) is 21.3. The quantitative estimate of drug-likeness (QED) is 0.663. The van der Waals surface area contributed by atoms with Crippen molar-refractivity contribution in [2.75, 3.05) is 14.2 Å². The maximum absolute atomic E-state index is 6.57. The van der Waals surface area contributed by atoms with Crippen molar-refractivity contribution in [3.8, 4) is 11.1 Å². The van der Waals surface area contributed by atoms with E-state index < -0.39 is 0 Å². The Balaban J connectivity index is 2.18. The first-order valence-electron chi connectivity index (χ1n) is 7.71. The van der Waals surface area contributed by atoms with Crippen LogP contribution in [0.1, 0.15) is 34.5 Å². The van der Waals surface area contributed by atoms with Crippen molar-refractivity contribution >= 4 is 35.4 Å². The van der Waals surface area contributed by atoms with Gasteiger partial charge >= 0.3 is 0 Å². The summed E-state index contributed by atoms with van der Waals surface area (Å²) >= 11 is 13.1. The van der Waals surface area contributed by atoms with Crippen LogP contribution >= 0.6 is 23.2 Å². The number of halogens is 2. The fraction of sp³-hybridized carbons (Fsp3) is 0.200. The molecular weight excluding hydrogens is 343 g/mol. The zero-order valence-corrected chi connectivity index (χ0v) is 14.9. The summed E-state index contributed by atoms with van der Waals surface area (Å²) in [6, 6.07) is 12.3. The Morgan fingerprint density at radius 3 is 1.62 bits per heavy atom. The molecule has 2 atom stereocenters. The fourth-order valence-corrected chi connectivity index (χ4v) is 4.31. The van der Waals surface area contributed by atoms with Gasteiger partial charge in [-0.25, -0.2) is 0 Å². The van der Waals surface area contributed by atoms with Crippen molar-refractivity contribution in [3.63, 3.8) is 0 Å². The third kappa shape index (κ3) is 2.26. The van der Waals surface area contributed by atoms with Crippen molar-refractivity contribution < 1.29 is 9.47 Å². The van der Waals surface area contributed by atoms with Crippen LogP contribution in [0.4, 0.5) is 0 Å². The molecule has 0 saturated carbocycles. The van der Waals surface area contributed by atoms with Crippen LogP contribution in [0, 0.1) is 0 Å². The van der Waals surface area contributed by atoms with E-state index >= 15 is 0 Å². The molecule has 0 N–H and O–H groups in total. The summed E-state index contributed by atoms with van der Waals surface area (Å²) in [4.78, 5) is 0. The molecule has 24 heavy (non-hydrogen) atoms. The van der Waals surface area contributed by atoms with Crippen molar-refractivity contribution in [1.82, 2.24) is 0 Å². The van der Waals surface area contributed by atoms with Gasteiger partial charge in [-0.1, -0.05) is 59.6 Å². The molecule has 2 unspecified atom stereocenters. The maximum Gasteiger partial charge on any atom is 0.118 e. The molecule has 2 aromatic rings. The van der Waals surface area contributed by atoms with Crippen LogP contribution in [0.3, 0.4) is 0 Å². The van der Waals surface area contributed by atoms with Crippen LogP contribution in [-0.4, -0.2) is 14.2 Å². The molecule has 0 aromatic heterocycles. The molecule has 2 nitrogen and oxygen atoms in total. The predicted molar refractivity (Wildman–Crippen MR) is 99.0 cm³/mol. The Bertz CT molecular complexity index is 819. The van der Waals surface area contributed by atoms with E-state index in [4.69, 9.17) is 32.7 Å². The standard InChI is InChI=1S/C20H16Cl2O2/c1-23-19-13-7-4-8-14-18(13)17-11(9-15(19)21)5-3-6-12(17)10-16(22)20(14)24-2/h3-10,19-20H,1-2H3. The van der Waals surface area contributed by atoms with Crippen LogP contribution in [0.25, 0.3) is 23.3 Å². The molecule has 0 bridgehead atoms. The number of hydrogen-bond donors (Lipinski definition) is 0. The van der Waals surface area contributed by atoms with Gasteiger partial charge in [-0.05, 0) is 45.5 Å². The molecule has 4 rings (SSSR count). The number of hydrogen-bond acceptors (Lipinski definition) is 2. The monoisotopic (exact) mass is 358 g/mol. The lowest BCUT2D eigenvalue weighted by Crippen LogP contribution is -2.07. The Morgan fingerprint density at radius 1 is 0.708 bits per heavy atom. The highest BCUT2D eigenvalue weighted by atomic mass is 35.5. The van der Waals surface area contributed by atoms with Crippen LogP contribution < -0.4 is 0 Å². The third-order valence-electron chi connectivity index (χ3n) is 4.63. The Morgan fingerprint density at radius 2 is 1.17 bits per heavy atom. The molecule has 2 aliphatic carbocycles. The van der Waals surface area contributed by atoms with Crippen molar-refractivity contribution in [1.29, 1.82) is 0 Å². The molecule has 0 radical (unpaired) electrons. The van der Waals surface area contributed by atoms with Crippen LogP contribution in [-0.2, 0) is 9.47 Å². The van der Waals surface area contributed by atoms with Gasteiger partial charge in [-0.15, -0.1) is 0 Å². The van der Waals surface area contributed by atoms with Crippen molar-refractivity contribution in [2.45, 2.75) is 12.2 Å². The lowest BCUT2D eigenvalue weighted by atomic mass is 9.88. The summed E-state index contributed by atoms with van der Waals surface area (Å²) in [7, 11) is 3.35. The van der Waals surface area contributed by atoms with Gasteiger partial charge in [0.05, 0.1) is 10.1 Å². The van der Waals surface area contributed by atoms with Gasteiger partial charge in [0, 0.05) is 14.2 Å². The molecule has 0 aliphatic heterocycles. The number of ether oxygens (including phenoxy) is 2. The Hall–Kier alpha value is -1.58. The van der Waals surface area contributed by atoms with Gasteiger partial charge in [0.25, 0.3) is 0 Å². The van der Waals surface area contributed by atoms with E-state index in [2.05, 4.69) is 24.3 Å². The van der Waals surface area contributed by atoms with Crippen molar-refractivity contribution in [2.24, 2.45) is 0 Å². The fourth-order valence-electron chi connectivity index (χ4n) is 3.66. The molecule has 2 aliphatic rings. The summed E-state index contributed by atoms with van der Waals surface area (Å²) in [5, 5.41) is 1.33. The van der Waals surface area contributed by atoms with Gasteiger partial charge < -0.3 is 9.47 Å². The van der Waals surface area contributed by atoms with Gasteiger partial charge in [0.2, 0.25) is 0 Å². The van der Waals surface area contributed by atoms with Gasteiger partial charge in [0.1, 0.15) is 12.2 Å². The molecular formula is C20H16Cl2O2. The van der Waals surface area contributed by atoms with E-state index in [0.29, 0.717) is 10.1 Å². The highest BCUT2D eigenvalue weighted by Crippen LogP contribution is 2.49. The van der Waals surface area contributed by atoms with E-state index in [1.165, 1.54) is 0 Å². The maximum atomic E-state index is 6.57. The minimum absolute atomic E-state index is 0.309. The summed E-state index contributed by atoms with van der Waals surface area (Å²) in [6.07, 6.45) is 3.34. The molecule has 0 amide bonds. The topological polar surface area (TPSA) is 18.5 Å². The second-order valence-corrected chi connectivity index (χ2v) is 6.79. The SMILES string of the molecule is COC1C(Cl)=Cc2cccc3c2-c2c1cccc2C(OC)C(Cl)=C3. The van der Waals surface area contributed by atoms with E-state index in [1.807, 2.05) is 24.3 Å². The lowest BCUT2D eigenvalue weighted by molar-refractivity contribution is 0.135. The zero-order chi connectivity index (χ0) is 16.8. The summed E-state index contributed by atoms with van der Waals surface area (Å²) < 4.78 is 11.4. The largest absolute Gasteiger partial charge is 0.371 e. The Labute approximate surface area is 151 Å². The van der Waals surface area contributed by atoms with Gasteiger partial charge in [-0.2, -0.15) is 0 Å². The van der Waals surface area contributed by atoms with E-state index in [-0.39, 0.29) is 12.2 Å². The highest BCUT2D eigenvalue weighted by molar-refractivity contribution is 6.33. The summed E-state index contributed by atoms with van der Waals surface area (Å²) in [5.41, 5.74) is 6.40. The molecule has 4 heteroatoms. The third-order valence-corrected chi connectivity index (χ3v) is 5.25. The van der Waals surface area contributed by atoms with Gasteiger partial charge in [-0.3, -0.25) is 0 Å². The van der Waals surface area contributed by atoms with Gasteiger partial charge in [0.15, 0.2) is 0 Å². The molecule has 0 saturated heterocycles. The lowest BCUT2D eigenvalue weighted by Gasteiger charge is -2.22. The molecule has 122 valence electrons. The first-order chi connectivity index (χ1) is 11.7. The average Bonchev–Trinajstić information content (AvgIpc) is 2.77. The average molecular weight is 359 g/mol. The highest BCUT2D eigenvalue weighted by Gasteiger charge is 2.31. The minimum atomic E-state index is -0.309. The first-order valence-corrected chi connectivity index (χ1v) is 8.47. The smallest absolute Gasteiger partial charge is 0.118 e. The number of methoxy groups -OCH3 is 2. The second-order valence-electron chi connectivity index (χ2n) is 5.91. The second kappa shape index (κ2) is 6.05. The predicted octanol–water partition coefficient (Wildman–Crippen LogP) is 5.92. The number of benzene rings is 2. The van der Waals surface area contributed by atoms with Crippen LogP contribution in [0.15, 0.2) is 46.5 Å². The molecule has 0 fully saturated rings. The number of rotatable bonds is 2. The Kier molecular flexibility index (Phi) is 4.01. The van der Waals surface area contributed by atoms with E-state index in [9.17, 15) is 0 Å². The van der Waals surface area contributed by atoms with Crippen molar-refractivity contribution in [3.05, 3.63) is 68.7 Å². The summed E-state index contributed by atoms with van der Waals surface area (Å²) in [6.45, 7) is 0. The molecule has 0 heterocycles. The summed E-state index contributed by atoms with van der Waals surface area (Å²) in [5.74, 6) is 0. The zero-order valence-electron chi connectivity index (χ0n) is 13.3. The minimum Gasteiger partial charge on any atom is -0.371 e. The molecule has 2 aromatic carbocycles.